The van der Waals surface area contributed by atoms with Gasteiger partial charge < -0.3 is 9.84 Å². The Morgan fingerprint density at radius 3 is 2.75 bits per heavy atom. The van der Waals surface area contributed by atoms with Crippen LogP contribution in [0, 0.1) is 13.8 Å². The van der Waals surface area contributed by atoms with E-state index in [1.165, 1.54) is 0 Å². The highest BCUT2D eigenvalue weighted by molar-refractivity contribution is 5.85. The second-order valence-electron chi connectivity index (χ2n) is 3.70. The monoisotopic (exact) mass is 220 g/mol. The van der Waals surface area contributed by atoms with Crippen LogP contribution in [-0.4, -0.2) is 17.7 Å². The minimum atomic E-state index is -0.912. The molecule has 0 atom stereocenters. The molecule has 0 fully saturated rings. The summed E-state index contributed by atoms with van der Waals surface area (Å²) >= 11 is 0. The zero-order valence-electron chi connectivity index (χ0n) is 9.78. The van der Waals surface area contributed by atoms with Crippen molar-refractivity contribution in [1.82, 2.24) is 0 Å². The van der Waals surface area contributed by atoms with E-state index in [1.54, 1.807) is 13.0 Å². The van der Waals surface area contributed by atoms with Crippen LogP contribution in [0.25, 0.3) is 0 Å². The van der Waals surface area contributed by atoms with Gasteiger partial charge in [0.25, 0.3) is 0 Å². The number of carboxylic acid groups (broad SMARTS) is 1. The maximum Gasteiger partial charge on any atom is 0.331 e. The molecule has 0 aliphatic carbocycles. The zero-order chi connectivity index (χ0) is 12.1. The third-order valence-corrected chi connectivity index (χ3v) is 2.52. The molecule has 1 aromatic carbocycles. The van der Waals surface area contributed by atoms with E-state index in [0.717, 1.165) is 16.9 Å². The van der Waals surface area contributed by atoms with Gasteiger partial charge in [0.15, 0.2) is 0 Å². The van der Waals surface area contributed by atoms with E-state index in [-0.39, 0.29) is 6.61 Å². The molecule has 0 aromatic heterocycles. The molecule has 0 aliphatic rings. The number of ether oxygens (including phenoxy) is 1. The number of benzene rings is 1. The van der Waals surface area contributed by atoms with Crippen molar-refractivity contribution >= 4 is 5.97 Å². The molecule has 1 rings (SSSR count). The lowest BCUT2D eigenvalue weighted by Crippen LogP contribution is -2.01. The molecule has 1 N–H and O–H groups in total. The van der Waals surface area contributed by atoms with Crippen molar-refractivity contribution < 1.29 is 14.6 Å². The molecule has 0 saturated carbocycles. The lowest BCUT2D eigenvalue weighted by Gasteiger charge is -2.09. The molecule has 3 nitrogen and oxygen atoms in total. The minimum absolute atomic E-state index is 0.280. The van der Waals surface area contributed by atoms with E-state index < -0.39 is 5.97 Å². The van der Waals surface area contributed by atoms with Crippen LogP contribution in [0.1, 0.15) is 18.1 Å². The topological polar surface area (TPSA) is 46.5 Å². The Morgan fingerprint density at radius 2 is 2.12 bits per heavy atom. The lowest BCUT2D eigenvalue weighted by molar-refractivity contribution is -0.132. The number of aryl methyl sites for hydroxylation is 1. The van der Waals surface area contributed by atoms with Gasteiger partial charge in [0, 0.05) is 5.57 Å². The van der Waals surface area contributed by atoms with E-state index in [9.17, 15) is 4.79 Å². The van der Waals surface area contributed by atoms with Crippen molar-refractivity contribution in [2.24, 2.45) is 0 Å². The molecule has 16 heavy (non-hydrogen) atoms. The molecule has 0 amide bonds. The van der Waals surface area contributed by atoms with E-state index >= 15 is 0 Å². The largest absolute Gasteiger partial charge is 0.489 e. The Labute approximate surface area is 95.4 Å². The third-order valence-electron chi connectivity index (χ3n) is 2.52. The van der Waals surface area contributed by atoms with Gasteiger partial charge in [0.05, 0.1) is 0 Å². The molecule has 0 radical (unpaired) electrons. The summed E-state index contributed by atoms with van der Waals surface area (Å²) in [4.78, 5) is 10.5. The van der Waals surface area contributed by atoms with Gasteiger partial charge in [-0.15, -0.1) is 0 Å². The number of aliphatic carboxylic acids is 1. The predicted molar refractivity (Wildman–Crippen MR) is 62.8 cm³/mol. The molecule has 3 heteroatoms. The SMILES string of the molecule is CC(=CCOc1cccc(C)c1C)C(=O)O. The summed E-state index contributed by atoms with van der Waals surface area (Å²) < 4.78 is 5.50. The molecule has 86 valence electrons. The molecule has 0 spiro atoms. The number of carbonyl (C=O) groups is 1. The van der Waals surface area contributed by atoms with Crippen LogP contribution in [0.5, 0.6) is 5.75 Å². The van der Waals surface area contributed by atoms with E-state index in [4.69, 9.17) is 9.84 Å². The summed E-state index contributed by atoms with van der Waals surface area (Å²) in [7, 11) is 0. The quantitative estimate of drug-likeness (QED) is 0.793. The molecule has 0 aliphatic heterocycles. The van der Waals surface area contributed by atoms with Crippen LogP contribution in [-0.2, 0) is 4.79 Å². The first-order valence-electron chi connectivity index (χ1n) is 5.11. The summed E-state index contributed by atoms with van der Waals surface area (Å²) in [6, 6.07) is 5.82. The van der Waals surface area contributed by atoms with Gasteiger partial charge in [-0.2, -0.15) is 0 Å². The average Bonchev–Trinajstić information content (AvgIpc) is 2.24. The first kappa shape index (κ1) is 12.3. The second-order valence-corrected chi connectivity index (χ2v) is 3.70. The summed E-state index contributed by atoms with van der Waals surface area (Å²) in [5.74, 6) is -0.112. The third kappa shape index (κ3) is 3.12. The highest BCUT2D eigenvalue weighted by atomic mass is 16.5. The first-order valence-corrected chi connectivity index (χ1v) is 5.11. The highest BCUT2D eigenvalue weighted by Gasteiger charge is 2.02. The number of carboxylic acids is 1. The maximum atomic E-state index is 10.5. The van der Waals surface area contributed by atoms with Crippen LogP contribution < -0.4 is 4.74 Å². The fraction of sp³-hybridized carbons (Fsp3) is 0.308. The normalized spacial score (nSPS) is 11.3. The van der Waals surface area contributed by atoms with Crippen molar-refractivity contribution in [2.75, 3.05) is 6.61 Å². The van der Waals surface area contributed by atoms with Crippen molar-refractivity contribution in [1.29, 1.82) is 0 Å². The summed E-state index contributed by atoms with van der Waals surface area (Å²) in [6.07, 6.45) is 1.56. The molecular formula is C13H16O3. The molecule has 0 unspecified atom stereocenters. The van der Waals surface area contributed by atoms with Gasteiger partial charge in [-0.1, -0.05) is 12.1 Å². The van der Waals surface area contributed by atoms with Crippen molar-refractivity contribution in [3.8, 4) is 5.75 Å². The number of hydrogen-bond acceptors (Lipinski definition) is 2. The fourth-order valence-corrected chi connectivity index (χ4v) is 1.22. The Morgan fingerprint density at radius 1 is 1.44 bits per heavy atom. The van der Waals surface area contributed by atoms with Gasteiger partial charge in [-0.25, -0.2) is 4.79 Å². The Balaban J connectivity index is 2.66. The number of rotatable bonds is 4. The van der Waals surface area contributed by atoms with Crippen LogP contribution in [0.4, 0.5) is 0 Å². The van der Waals surface area contributed by atoms with Gasteiger partial charge in [0.2, 0.25) is 0 Å². The predicted octanol–water partition coefficient (Wildman–Crippen LogP) is 2.71. The van der Waals surface area contributed by atoms with Gasteiger partial charge >= 0.3 is 5.97 Å². The van der Waals surface area contributed by atoms with E-state index in [1.807, 2.05) is 32.0 Å². The van der Waals surface area contributed by atoms with Crippen molar-refractivity contribution in [2.45, 2.75) is 20.8 Å². The summed E-state index contributed by atoms with van der Waals surface area (Å²) in [5.41, 5.74) is 2.55. The van der Waals surface area contributed by atoms with Gasteiger partial charge in [-0.05, 0) is 44.0 Å². The molecule has 0 bridgehead atoms. The van der Waals surface area contributed by atoms with Crippen LogP contribution in [0.15, 0.2) is 29.8 Å². The fourth-order valence-electron chi connectivity index (χ4n) is 1.22. The average molecular weight is 220 g/mol. The Kier molecular flexibility index (Phi) is 4.11. The Bertz CT molecular complexity index is 419. The maximum absolute atomic E-state index is 10.5. The van der Waals surface area contributed by atoms with E-state index in [0.29, 0.717) is 5.57 Å². The van der Waals surface area contributed by atoms with Gasteiger partial charge in [0.1, 0.15) is 12.4 Å². The number of hydrogen-bond donors (Lipinski definition) is 1. The molecule has 0 heterocycles. The van der Waals surface area contributed by atoms with Crippen molar-refractivity contribution in [3.63, 3.8) is 0 Å². The Hall–Kier alpha value is -1.77. The summed E-state index contributed by atoms with van der Waals surface area (Å²) in [5, 5.41) is 8.65. The van der Waals surface area contributed by atoms with Crippen molar-refractivity contribution in [3.05, 3.63) is 41.0 Å². The highest BCUT2D eigenvalue weighted by Crippen LogP contribution is 2.20. The standard InChI is InChI=1S/C13H16O3/c1-9-5-4-6-12(11(9)3)16-8-7-10(2)13(14)15/h4-7H,8H2,1-3H3,(H,14,15). The van der Waals surface area contributed by atoms with Crippen LogP contribution in [0.2, 0.25) is 0 Å². The van der Waals surface area contributed by atoms with Crippen LogP contribution >= 0.6 is 0 Å². The lowest BCUT2D eigenvalue weighted by atomic mass is 10.1. The first-order chi connectivity index (χ1) is 7.52. The second kappa shape index (κ2) is 5.35. The molecule has 0 saturated heterocycles. The zero-order valence-corrected chi connectivity index (χ0v) is 9.78. The van der Waals surface area contributed by atoms with Crippen LogP contribution in [0.3, 0.4) is 0 Å². The smallest absolute Gasteiger partial charge is 0.331 e. The van der Waals surface area contributed by atoms with E-state index in [2.05, 4.69) is 0 Å². The molecular weight excluding hydrogens is 204 g/mol. The summed E-state index contributed by atoms with van der Waals surface area (Å²) in [6.45, 7) is 5.83. The minimum Gasteiger partial charge on any atom is -0.489 e. The van der Waals surface area contributed by atoms with Gasteiger partial charge in [-0.3, -0.25) is 0 Å². The molecule has 1 aromatic rings.